The minimum atomic E-state index is -0.631. The van der Waals surface area contributed by atoms with Crippen LogP contribution in [0.15, 0.2) is 34.9 Å². The van der Waals surface area contributed by atoms with Crippen LogP contribution in [0.1, 0.15) is 29.3 Å². The Labute approximate surface area is 137 Å². The van der Waals surface area contributed by atoms with Crippen LogP contribution in [0.2, 0.25) is 4.34 Å². The number of furan rings is 1. The number of rotatable bonds is 6. The Morgan fingerprint density at radius 1 is 1.41 bits per heavy atom. The summed E-state index contributed by atoms with van der Waals surface area (Å²) < 4.78 is 5.70. The van der Waals surface area contributed by atoms with Crippen LogP contribution in [0, 0.1) is 0 Å². The van der Waals surface area contributed by atoms with E-state index in [0.717, 1.165) is 4.88 Å². The van der Waals surface area contributed by atoms with Crippen molar-refractivity contribution in [2.24, 2.45) is 0 Å². The lowest BCUT2D eigenvalue weighted by Crippen LogP contribution is -2.46. The van der Waals surface area contributed by atoms with E-state index in [1.165, 1.54) is 17.6 Å². The highest BCUT2D eigenvalue weighted by Crippen LogP contribution is 2.22. The zero-order valence-electron chi connectivity index (χ0n) is 12.3. The second-order valence-electron chi connectivity index (χ2n) is 4.73. The molecule has 0 saturated carbocycles. The van der Waals surface area contributed by atoms with Crippen molar-refractivity contribution < 1.29 is 14.0 Å². The molecule has 1 N–H and O–H groups in total. The number of nitrogens with zero attached hydrogens (tertiary/aromatic N) is 1. The first-order valence-corrected chi connectivity index (χ1v) is 8.08. The summed E-state index contributed by atoms with van der Waals surface area (Å²) in [6.45, 7) is 4.59. The summed E-state index contributed by atoms with van der Waals surface area (Å²) in [4.78, 5) is 27.0. The summed E-state index contributed by atoms with van der Waals surface area (Å²) in [5.41, 5.74) is 0. The second kappa shape index (κ2) is 7.47. The molecule has 1 atom stereocenters. The van der Waals surface area contributed by atoms with Gasteiger partial charge in [-0.2, -0.15) is 0 Å². The molecule has 0 radical (unpaired) electrons. The van der Waals surface area contributed by atoms with Crippen LogP contribution in [-0.4, -0.2) is 29.3 Å². The van der Waals surface area contributed by atoms with Crippen LogP contribution in [0.3, 0.4) is 0 Å². The quantitative estimate of drug-likeness (QED) is 0.878. The molecule has 0 fully saturated rings. The van der Waals surface area contributed by atoms with Crippen molar-refractivity contribution in [2.75, 3.05) is 6.54 Å². The normalized spacial score (nSPS) is 12.0. The van der Waals surface area contributed by atoms with Crippen molar-refractivity contribution in [3.05, 3.63) is 45.5 Å². The van der Waals surface area contributed by atoms with E-state index in [1.807, 2.05) is 19.1 Å². The summed E-state index contributed by atoms with van der Waals surface area (Å²) in [5.74, 6) is -0.360. The summed E-state index contributed by atoms with van der Waals surface area (Å²) in [5, 5.41) is 2.64. The smallest absolute Gasteiger partial charge is 0.287 e. The molecular formula is C15H17ClN2O3S. The van der Waals surface area contributed by atoms with E-state index in [9.17, 15) is 9.59 Å². The topological polar surface area (TPSA) is 62.6 Å². The molecule has 0 aromatic carbocycles. The number of carbonyl (C=O) groups excluding carboxylic acids is 2. The van der Waals surface area contributed by atoms with Crippen molar-refractivity contribution in [1.29, 1.82) is 0 Å². The van der Waals surface area contributed by atoms with E-state index >= 15 is 0 Å². The van der Waals surface area contributed by atoms with Gasteiger partial charge in [-0.25, -0.2) is 0 Å². The molecule has 7 heteroatoms. The highest BCUT2D eigenvalue weighted by Gasteiger charge is 2.22. The van der Waals surface area contributed by atoms with Crippen LogP contribution in [0.5, 0.6) is 0 Å². The molecule has 0 aliphatic heterocycles. The molecule has 2 amide bonds. The fourth-order valence-electron chi connectivity index (χ4n) is 1.98. The Balaban J connectivity index is 1.96. The van der Waals surface area contributed by atoms with Gasteiger partial charge < -0.3 is 14.6 Å². The van der Waals surface area contributed by atoms with Crippen molar-refractivity contribution in [2.45, 2.75) is 26.4 Å². The van der Waals surface area contributed by atoms with Crippen molar-refractivity contribution in [1.82, 2.24) is 10.2 Å². The SMILES string of the molecule is CCN(Cc1ccc(Cl)s1)C(=O)C(C)NC(=O)c1ccco1. The molecule has 0 saturated heterocycles. The first-order valence-electron chi connectivity index (χ1n) is 6.88. The molecular weight excluding hydrogens is 324 g/mol. The molecule has 0 bridgehead atoms. The molecule has 118 valence electrons. The van der Waals surface area contributed by atoms with E-state index in [-0.39, 0.29) is 11.7 Å². The molecule has 0 spiro atoms. The number of carbonyl (C=O) groups is 2. The standard InChI is InChI=1S/C15H17ClN2O3S/c1-3-18(9-11-6-7-13(16)22-11)15(20)10(2)17-14(19)12-5-4-8-21-12/h4-8,10H,3,9H2,1-2H3,(H,17,19). The third-order valence-corrected chi connectivity index (χ3v) is 4.35. The fraction of sp³-hybridized carbons (Fsp3) is 0.333. The van der Waals surface area contributed by atoms with Gasteiger partial charge in [0, 0.05) is 11.4 Å². The van der Waals surface area contributed by atoms with Gasteiger partial charge in [0.05, 0.1) is 17.1 Å². The van der Waals surface area contributed by atoms with E-state index in [1.54, 1.807) is 24.0 Å². The predicted octanol–water partition coefficient (Wildman–Crippen LogP) is 3.16. The lowest BCUT2D eigenvalue weighted by Gasteiger charge is -2.24. The van der Waals surface area contributed by atoms with Gasteiger partial charge in [0.25, 0.3) is 5.91 Å². The summed E-state index contributed by atoms with van der Waals surface area (Å²) >= 11 is 7.34. The van der Waals surface area contributed by atoms with Gasteiger partial charge in [-0.1, -0.05) is 11.6 Å². The Bertz CT molecular complexity index is 639. The monoisotopic (exact) mass is 340 g/mol. The summed E-state index contributed by atoms with van der Waals surface area (Å²) in [6, 6.07) is 6.25. The Hall–Kier alpha value is -1.79. The molecule has 2 rings (SSSR count). The molecule has 0 aliphatic carbocycles. The maximum absolute atomic E-state index is 12.4. The maximum atomic E-state index is 12.4. The van der Waals surface area contributed by atoms with Gasteiger partial charge in [-0.3, -0.25) is 9.59 Å². The Morgan fingerprint density at radius 3 is 2.73 bits per heavy atom. The molecule has 2 aromatic rings. The average Bonchev–Trinajstić information content (AvgIpc) is 3.15. The average molecular weight is 341 g/mol. The largest absolute Gasteiger partial charge is 0.459 e. The molecule has 5 nitrogen and oxygen atoms in total. The molecule has 2 aromatic heterocycles. The third-order valence-electron chi connectivity index (χ3n) is 3.13. The number of likely N-dealkylation sites (N-methyl/N-ethyl adjacent to an activating group) is 1. The highest BCUT2D eigenvalue weighted by atomic mass is 35.5. The number of nitrogens with one attached hydrogen (secondary N) is 1. The number of hydrogen-bond donors (Lipinski definition) is 1. The van der Waals surface area contributed by atoms with Crippen LogP contribution in [-0.2, 0) is 11.3 Å². The maximum Gasteiger partial charge on any atom is 0.287 e. The Kier molecular flexibility index (Phi) is 5.63. The fourth-order valence-corrected chi connectivity index (χ4v) is 3.08. The first-order chi connectivity index (χ1) is 10.5. The summed E-state index contributed by atoms with van der Waals surface area (Å²) in [6.07, 6.45) is 1.42. The van der Waals surface area contributed by atoms with E-state index in [4.69, 9.17) is 16.0 Å². The van der Waals surface area contributed by atoms with E-state index in [2.05, 4.69) is 5.32 Å². The number of halogens is 1. The third kappa shape index (κ3) is 4.11. The predicted molar refractivity (Wildman–Crippen MR) is 86.1 cm³/mol. The van der Waals surface area contributed by atoms with Crippen LogP contribution in [0.4, 0.5) is 0 Å². The zero-order chi connectivity index (χ0) is 16.1. The first kappa shape index (κ1) is 16.6. The van der Waals surface area contributed by atoms with Gasteiger partial charge in [-0.05, 0) is 38.1 Å². The Morgan fingerprint density at radius 2 is 2.18 bits per heavy atom. The van der Waals surface area contributed by atoms with Crippen LogP contribution < -0.4 is 5.32 Å². The van der Waals surface area contributed by atoms with Gasteiger partial charge in [-0.15, -0.1) is 11.3 Å². The van der Waals surface area contributed by atoms with Gasteiger partial charge >= 0.3 is 0 Å². The number of hydrogen-bond acceptors (Lipinski definition) is 4. The van der Waals surface area contributed by atoms with Crippen LogP contribution >= 0.6 is 22.9 Å². The lowest BCUT2D eigenvalue weighted by atomic mass is 10.2. The summed E-state index contributed by atoms with van der Waals surface area (Å²) in [7, 11) is 0. The van der Waals surface area contributed by atoms with Crippen molar-refractivity contribution in [3.63, 3.8) is 0 Å². The second-order valence-corrected chi connectivity index (χ2v) is 6.53. The minimum absolute atomic E-state index is 0.146. The molecule has 2 heterocycles. The molecule has 22 heavy (non-hydrogen) atoms. The van der Waals surface area contributed by atoms with Crippen LogP contribution in [0.25, 0.3) is 0 Å². The lowest BCUT2D eigenvalue weighted by molar-refractivity contribution is -0.133. The highest BCUT2D eigenvalue weighted by molar-refractivity contribution is 7.16. The van der Waals surface area contributed by atoms with Crippen molar-refractivity contribution >= 4 is 34.8 Å². The van der Waals surface area contributed by atoms with Gasteiger partial charge in [0.15, 0.2) is 5.76 Å². The van der Waals surface area contributed by atoms with E-state index in [0.29, 0.717) is 17.4 Å². The zero-order valence-corrected chi connectivity index (χ0v) is 13.9. The van der Waals surface area contributed by atoms with Crippen molar-refractivity contribution in [3.8, 4) is 0 Å². The number of amides is 2. The van der Waals surface area contributed by atoms with E-state index < -0.39 is 11.9 Å². The minimum Gasteiger partial charge on any atom is -0.459 e. The van der Waals surface area contributed by atoms with Gasteiger partial charge in [0.2, 0.25) is 5.91 Å². The molecule has 0 aliphatic rings. The van der Waals surface area contributed by atoms with Gasteiger partial charge in [0.1, 0.15) is 6.04 Å². The number of thiophene rings is 1. The molecule has 1 unspecified atom stereocenters.